The fraction of sp³-hybridized carbons (Fsp3) is 1.00. The number of hydrogen-bond acceptors (Lipinski definition) is 5. The van der Waals surface area contributed by atoms with E-state index in [1.54, 1.807) is 0 Å². The quantitative estimate of drug-likeness (QED) is 0.738. The van der Waals surface area contributed by atoms with Crippen LogP contribution >= 0.6 is 0 Å². The predicted molar refractivity (Wildman–Crippen MR) is 73.3 cm³/mol. The van der Waals surface area contributed by atoms with Gasteiger partial charge in [0.2, 0.25) is 0 Å². The van der Waals surface area contributed by atoms with E-state index in [1.165, 1.54) is 0 Å². The molecule has 0 saturated carbocycles. The minimum atomic E-state index is -2.92. The van der Waals surface area contributed by atoms with Crippen LogP contribution in [0.3, 0.4) is 0 Å². The summed E-state index contributed by atoms with van der Waals surface area (Å²) in [4.78, 5) is 4.65. The van der Waals surface area contributed by atoms with E-state index in [4.69, 9.17) is 5.73 Å². The lowest BCUT2D eigenvalue weighted by atomic mass is 9.91. The molecule has 106 valence electrons. The first-order chi connectivity index (χ1) is 8.38. The van der Waals surface area contributed by atoms with Crippen molar-refractivity contribution in [3.8, 4) is 0 Å². The maximum absolute atomic E-state index is 11.9. The van der Waals surface area contributed by atoms with Crippen LogP contribution in [0.1, 0.15) is 19.8 Å². The summed E-state index contributed by atoms with van der Waals surface area (Å²) in [6.45, 7) is 5.47. The van der Waals surface area contributed by atoms with Crippen molar-refractivity contribution in [3.05, 3.63) is 0 Å². The molecule has 0 aromatic heterocycles. The second kappa shape index (κ2) is 5.07. The molecule has 0 bridgehead atoms. The van der Waals surface area contributed by atoms with E-state index in [9.17, 15) is 8.42 Å². The molecule has 0 aromatic carbocycles. The average Bonchev–Trinajstić information content (AvgIpc) is 2.31. The molecule has 18 heavy (non-hydrogen) atoms. The third-order valence-corrected chi connectivity index (χ3v) is 6.48. The van der Waals surface area contributed by atoms with Crippen LogP contribution in [0.4, 0.5) is 0 Å². The highest BCUT2D eigenvalue weighted by atomic mass is 32.2. The molecule has 2 N–H and O–H groups in total. The lowest BCUT2D eigenvalue weighted by molar-refractivity contribution is 0.0226. The smallest absolute Gasteiger partial charge is 0.152 e. The van der Waals surface area contributed by atoms with Gasteiger partial charge in [0.25, 0.3) is 0 Å². The van der Waals surface area contributed by atoms with Crippen LogP contribution in [-0.2, 0) is 9.84 Å². The van der Waals surface area contributed by atoms with Crippen LogP contribution in [0.2, 0.25) is 0 Å². The van der Waals surface area contributed by atoms with E-state index in [0.29, 0.717) is 18.3 Å². The van der Waals surface area contributed by atoms with E-state index in [1.807, 2.05) is 0 Å². The van der Waals surface area contributed by atoms with Crippen LogP contribution < -0.4 is 5.73 Å². The maximum atomic E-state index is 11.9. The summed E-state index contributed by atoms with van der Waals surface area (Å²) in [5.41, 5.74) is 5.64. The zero-order valence-corrected chi connectivity index (χ0v) is 12.2. The van der Waals surface area contributed by atoms with Crippen molar-refractivity contribution >= 4 is 9.84 Å². The second-order valence-corrected chi connectivity index (χ2v) is 8.08. The summed E-state index contributed by atoms with van der Waals surface area (Å²) < 4.78 is 23.8. The number of piperazine rings is 1. The summed E-state index contributed by atoms with van der Waals surface area (Å²) in [6.07, 6.45) is 1.67. The Morgan fingerprint density at radius 3 is 2.67 bits per heavy atom. The first-order valence-corrected chi connectivity index (χ1v) is 8.56. The van der Waals surface area contributed by atoms with Crippen LogP contribution in [0.15, 0.2) is 0 Å². The highest BCUT2D eigenvalue weighted by Crippen LogP contribution is 2.30. The Balaban J connectivity index is 2.17. The lowest BCUT2D eigenvalue weighted by Crippen LogP contribution is -2.65. The monoisotopic (exact) mass is 275 g/mol. The fourth-order valence-electron chi connectivity index (χ4n) is 3.19. The number of sulfone groups is 1. The van der Waals surface area contributed by atoms with Crippen LogP contribution in [-0.4, -0.2) is 74.5 Å². The summed E-state index contributed by atoms with van der Waals surface area (Å²) in [7, 11) is -0.798. The molecular formula is C12H25N3O2S. The fourth-order valence-corrected chi connectivity index (χ4v) is 5.19. The van der Waals surface area contributed by atoms with E-state index < -0.39 is 9.84 Å². The SMILES string of the molecule is CC1CN(C2(CN)CCCS(=O)(=O)C2)CCN1C. The topological polar surface area (TPSA) is 66.6 Å². The molecule has 2 aliphatic rings. The molecule has 2 atom stereocenters. The van der Waals surface area contributed by atoms with Gasteiger partial charge in [-0.15, -0.1) is 0 Å². The van der Waals surface area contributed by atoms with Crippen molar-refractivity contribution in [2.24, 2.45) is 5.73 Å². The molecule has 0 radical (unpaired) electrons. The highest BCUT2D eigenvalue weighted by molar-refractivity contribution is 7.91. The van der Waals surface area contributed by atoms with E-state index >= 15 is 0 Å². The Morgan fingerprint density at radius 2 is 2.11 bits per heavy atom. The van der Waals surface area contributed by atoms with Crippen molar-refractivity contribution in [3.63, 3.8) is 0 Å². The van der Waals surface area contributed by atoms with Gasteiger partial charge in [-0.05, 0) is 26.8 Å². The Kier molecular flexibility index (Phi) is 4.02. The van der Waals surface area contributed by atoms with Crippen molar-refractivity contribution in [1.29, 1.82) is 0 Å². The van der Waals surface area contributed by atoms with Gasteiger partial charge in [-0.2, -0.15) is 0 Å². The van der Waals surface area contributed by atoms with Gasteiger partial charge < -0.3 is 10.6 Å². The van der Waals surface area contributed by atoms with Gasteiger partial charge in [0, 0.05) is 37.8 Å². The molecule has 0 aliphatic carbocycles. The molecule has 2 fully saturated rings. The highest BCUT2D eigenvalue weighted by Gasteiger charge is 2.44. The van der Waals surface area contributed by atoms with Gasteiger partial charge >= 0.3 is 0 Å². The standard InChI is InChI=1S/C12H25N3O2S/c1-11-8-15(6-5-14(11)2)12(9-13)4-3-7-18(16,17)10-12/h11H,3-10,13H2,1-2H3. The van der Waals surface area contributed by atoms with Crippen LogP contribution in [0, 0.1) is 0 Å². The molecule has 2 saturated heterocycles. The maximum Gasteiger partial charge on any atom is 0.152 e. The number of nitrogens with zero attached hydrogens (tertiary/aromatic N) is 2. The lowest BCUT2D eigenvalue weighted by Gasteiger charge is -2.50. The molecule has 6 heteroatoms. The van der Waals surface area contributed by atoms with E-state index in [2.05, 4.69) is 23.8 Å². The van der Waals surface area contributed by atoms with Crippen molar-refractivity contribution in [1.82, 2.24) is 9.80 Å². The number of likely N-dealkylation sites (N-methyl/N-ethyl adjacent to an activating group) is 1. The summed E-state index contributed by atoms with van der Waals surface area (Å²) >= 11 is 0. The molecule has 2 aliphatic heterocycles. The molecule has 0 aromatic rings. The normalized spacial score (nSPS) is 38.7. The third kappa shape index (κ3) is 2.71. The number of hydrogen-bond donors (Lipinski definition) is 1. The van der Waals surface area contributed by atoms with E-state index in [-0.39, 0.29) is 11.3 Å². The predicted octanol–water partition coefficient (Wildman–Crippen LogP) is -0.472. The van der Waals surface area contributed by atoms with Crippen molar-refractivity contribution in [2.45, 2.75) is 31.3 Å². The van der Waals surface area contributed by atoms with Gasteiger partial charge in [-0.1, -0.05) is 0 Å². The van der Waals surface area contributed by atoms with Gasteiger partial charge in [-0.25, -0.2) is 8.42 Å². The first-order valence-electron chi connectivity index (χ1n) is 6.74. The first kappa shape index (κ1) is 14.2. The molecule has 2 heterocycles. The number of nitrogens with two attached hydrogens (primary N) is 1. The Morgan fingerprint density at radius 1 is 1.39 bits per heavy atom. The van der Waals surface area contributed by atoms with Crippen LogP contribution in [0.5, 0.6) is 0 Å². The summed E-state index contributed by atoms with van der Waals surface area (Å²) in [5.74, 6) is 0.574. The molecular weight excluding hydrogens is 250 g/mol. The largest absolute Gasteiger partial charge is 0.329 e. The van der Waals surface area contributed by atoms with Crippen LogP contribution in [0.25, 0.3) is 0 Å². The van der Waals surface area contributed by atoms with E-state index in [0.717, 1.165) is 32.5 Å². The summed E-state index contributed by atoms with van der Waals surface area (Å²) in [5, 5.41) is 0. The minimum Gasteiger partial charge on any atom is -0.329 e. The van der Waals surface area contributed by atoms with Gasteiger partial charge in [-0.3, -0.25) is 4.90 Å². The van der Waals surface area contributed by atoms with Gasteiger partial charge in [0.15, 0.2) is 9.84 Å². The molecule has 2 rings (SSSR count). The van der Waals surface area contributed by atoms with Crippen molar-refractivity contribution in [2.75, 3.05) is 44.7 Å². The average molecular weight is 275 g/mol. The zero-order chi connectivity index (χ0) is 13.4. The Labute approximate surface area is 110 Å². The Bertz CT molecular complexity index is 398. The second-order valence-electron chi connectivity index (χ2n) is 5.90. The molecule has 0 spiro atoms. The zero-order valence-electron chi connectivity index (χ0n) is 11.4. The number of rotatable bonds is 2. The Hall–Kier alpha value is -0.170. The third-order valence-electron chi connectivity index (χ3n) is 4.60. The summed E-state index contributed by atoms with van der Waals surface area (Å²) in [6, 6.07) is 0.465. The minimum absolute atomic E-state index is 0.243. The van der Waals surface area contributed by atoms with Gasteiger partial charge in [0.05, 0.1) is 11.5 Å². The van der Waals surface area contributed by atoms with Gasteiger partial charge in [0.1, 0.15) is 0 Å². The molecule has 5 nitrogen and oxygen atoms in total. The molecule has 2 unspecified atom stereocenters. The molecule has 0 amide bonds. The van der Waals surface area contributed by atoms with Crippen molar-refractivity contribution < 1.29 is 8.42 Å².